The van der Waals surface area contributed by atoms with Crippen molar-refractivity contribution in [2.24, 2.45) is 4.99 Å². The maximum atomic E-state index is 12.7. The van der Waals surface area contributed by atoms with E-state index in [-0.39, 0.29) is 10.6 Å². The quantitative estimate of drug-likeness (QED) is 0.453. The molecule has 33 heavy (non-hydrogen) atoms. The number of carbonyl (C=O) groups excluding carboxylic acids is 2. The Balaban J connectivity index is 1.53. The number of rotatable bonds is 7. The molecule has 10 heteroatoms. The molecule has 0 radical (unpaired) electrons. The van der Waals surface area contributed by atoms with Crippen molar-refractivity contribution >= 4 is 51.1 Å². The molecule has 174 valence electrons. The summed E-state index contributed by atoms with van der Waals surface area (Å²) in [5.74, 6) is -0.843. The van der Waals surface area contributed by atoms with Crippen LogP contribution in [0.15, 0.2) is 64.5 Å². The van der Waals surface area contributed by atoms with Gasteiger partial charge in [-0.25, -0.2) is 13.2 Å². The van der Waals surface area contributed by atoms with Gasteiger partial charge >= 0.3 is 5.97 Å². The molecule has 0 atom stereocenters. The van der Waals surface area contributed by atoms with Crippen LogP contribution in [0.3, 0.4) is 0 Å². The molecular formula is C23H24ClN3O5S. The molecule has 2 aromatic rings. The minimum absolute atomic E-state index is 0.00450. The van der Waals surface area contributed by atoms with E-state index >= 15 is 0 Å². The maximum absolute atomic E-state index is 12.7. The standard InChI is InChI=1S/C23H24ClN3O5S/c24-18-11-8-17(9-12-18)10-13-23(29)32-16-22(28)26-19-5-4-6-20(15-19)33(30,31)27-21-7-2-1-3-14-25-21/h4-6,8-13,15H,1-3,7,14,16H2,(H,25,27)(H,26,28). The van der Waals surface area contributed by atoms with Crippen LogP contribution in [0.25, 0.3) is 6.08 Å². The van der Waals surface area contributed by atoms with Crippen LogP contribution in [0.4, 0.5) is 5.69 Å². The number of hydrogen-bond acceptors (Lipinski definition) is 6. The van der Waals surface area contributed by atoms with E-state index in [1.54, 1.807) is 30.3 Å². The van der Waals surface area contributed by atoms with Gasteiger partial charge in [0, 0.05) is 29.8 Å². The van der Waals surface area contributed by atoms with E-state index in [4.69, 9.17) is 16.3 Å². The van der Waals surface area contributed by atoms with Gasteiger partial charge in [0.15, 0.2) is 6.61 Å². The predicted octanol–water partition coefficient (Wildman–Crippen LogP) is 3.79. The third-order valence-corrected chi connectivity index (χ3v) is 6.31. The van der Waals surface area contributed by atoms with Crippen LogP contribution < -0.4 is 10.0 Å². The number of anilines is 1. The topological polar surface area (TPSA) is 114 Å². The number of carbonyl (C=O) groups is 2. The Labute approximate surface area is 197 Å². The van der Waals surface area contributed by atoms with Gasteiger partial charge < -0.3 is 10.1 Å². The summed E-state index contributed by atoms with van der Waals surface area (Å²) in [5.41, 5.74) is 1.01. The van der Waals surface area contributed by atoms with E-state index in [0.717, 1.165) is 24.8 Å². The number of halogens is 1. The van der Waals surface area contributed by atoms with Crippen LogP contribution in [0.1, 0.15) is 31.2 Å². The zero-order valence-electron chi connectivity index (χ0n) is 17.8. The Morgan fingerprint density at radius 3 is 2.67 bits per heavy atom. The molecule has 2 aromatic carbocycles. The van der Waals surface area contributed by atoms with E-state index in [1.807, 2.05) is 0 Å². The number of sulfonamides is 1. The highest BCUT2D eigenvalue weighted by Crippen LogP contribution is 2.17. The molecule has 0 aliphatic carbocycles. The van der Waals surface area contributed by atoms with Crippen LogP contribution in [0.5, 0.6) is 0 Å². The van der Waals surface area contributed by atoms with Gasteiger partial charge in [0.2, 0.25) is 0 Å². The molecule has 1 heterocycles. The Morgan fingerprint density at radius 1 is 1.09 bits per heavy atom. The highest BCUT2D eigenvalue weighted by atomic mass is 35.5. The highest BCUT2D eigenvalue weighted by Gasteiger charge is 2.18. The zero-order valence-corrected chi connectivity index (χ0v) is 19.4. The number of amidine groups is 1. The SMILES string of the molecule is O=C(COC(=O)C=Cc1ccc(Cl)cc1)Nc1cccc(S(=O)(=O)NC2=NCCCCC2)c1. The number of ether oxygens (including phenoxy) is 1. The Morgan fingerprint density at radius 2 is 1.88 bits per heavy atom. The molecule has 0 saturated carbocycles. The van der Waals surface area contributed by atoms with E-state index in [1.165, 1.54) is 30.4 Å². The number of nitrogens with one attached hydrogen (secondary N) is 2. The molecular weight excluding hydrogens is 466 g/mol. The summed E-state index contributed by atoms with van der Waals surface area (Å²) < 4.78 is 32.8. The maximum Gasteiger partial charge on any atom is 0.331 e. The van der Waals surface area contributed by atoms with Gasteiger partial charge in [0.25, 0.3) is 15.9 Å². The van der Waals surface area contributed by atoms with Crippen molar-refractivity contribution in [3.05, 3.63) is 65.2 Å². The van der Waals surface area contributed by atoms with Crippen molar-refractivity contribution in [3.8, 4) is 0 Å². The largest absolute Gasteiger partial charge is 0.452 e. The third kappa shape index (κ3) is 8.03. The summed E-state index contributed by atoms with van der Waals surface area (Å²) >= 11 is 5.81. The van der Waals surface area contributed by atoms with Crippen molar-refractivity contribution < 1.29 is 22.7 Å². The zero-order chi connectivity index (χ0) is 23.7. The summed E-state index contributed by atoms with van der Waals surface area (Å²) in [6.07, 6.45) is 6.15. The van der Waals surface area contributed by atoms with Crippen LogP contribution in [-0.2, 0) is 24.3 Å². The average Bonchev–Trinajstić information content (AvgIpc) is 3.05. The molecule has 1 aliphatic rings. The number of amides is 1. The first-order valence-electron chi connectivity index (χ1n) is 10.4. The second-order valence-electron chi connectivity index (χ2n) is 7.31. The van der Waals surface area contributed by atoms with Crippen LogP contribution in [0, 0.1) is 0 Å². The van der Waals surface area contributed by atoms with Gasteiger partial charge in [-0.15, -0.1) is 0 Å². The van der Waals surface area contributed by atoms with Crippen molar-refractivity contribution in [2.75, 3.05) is 18.5 Å². The fourth-order valence-electron chi connectivity index (χ4n) is 3.03. The van der Waals surface area contributed by atoms with Crippen LogP contribution >= 0.6 is 11.6 Å². The lowest BCUT2D eigenvalue weighted by Gasteiger charge is -2.11. The van der Waals surface area contributed by atoms with E-state index in [9.17, 15) is 18.0 Å². The average molecular weight is 490 g/mol. The third-order valence-electron chi connectivity index (χ3n) is 4.68. The molecule has 0 bridgehead atoms. The predicted molar refractivity (Wildman–Crippen MR) is 128 cm³/mol. The molecule has 0 fully saturated rings. The molecule has 0 aromatic heterocycles. The van der Waals surface area contributed by atoms with E-state index in [0.29, 0.717) is 23.8 Å². The molecule has 0 saturated heterocycles. The summed E-state index contributed by atoms with van der Waals surface area (Å²) in [6.45, 7) is 0.0807. The second kappa shape index (κ2) is 11.6. The molecule has 8 nitrogen and oxygen atoms in total. The molecule has 3 rings (SSSR count). The first kappa shape index (κ1) is 24.5. The Hall–Kier alpha value is -3.17. The number of esters is 1. The van der Waals surface area contributed by atoms with E-state index in [2.05, 4.69) is 15.0 Å². The fourth-order valence-corrected chi connectivity index (χ4v) is 4.29. The minimum Gasteiger partial charge on any atom is -0.452 e. The van der Waals surface area contributed by atoms with Crippen molar-refractivity contribution in [1.82, 2.24) is 4.72 Å². The molecule has 1 amide bonds. The summed E-state index contributed by atoms with van der Waals surface area (Å²) in [7, 11) is -3.83. The monoisotopic (exact) mass is 489 g/mol. The lowest BCUT2D eigenvalue weighted by atomic mass is 10.2. The smallest absolute Gasteiger partial charge is 0.331 e. The number of hydrogen-bond donors (Lipinski definition) is 2. The molecule has 0 unspecified atom stereocenters. The van der Waals surface area contributed by atoms with E-state index < -0.39 is 28.5 Å². The fraction of sp³-hybridized carbons (Fsp3) is 0.261. The summed E-state index contributed by atoms with van der Waals surface area (Å²) in [5, 5.41) is 3.11. The molecule has 2 N–H and O–H groups in total. The Kier molecular flexibility index (Phi) is 8.62. The van der Waals surface area contributed by atoms with Gasteiger partial charge in [-0.3, -0.25) is 14.5 Å². The van der Waals surface area contributed by atoms with Gasteiger partial charge in [0.1, 0.15) is 5.84 Å². The minimum atomic E-state index is -3.83. The van der Waals surface area contributed by atoms with Crippen LogP contribution in [-0.4, -0.2) is 39.3 Å². The lowest BCUT2D eigenvalue weighted by Crippen LogP contribution is -2.30. The molecule has 0 spiro atoms. The Bertz CT molecular complexity index is 1160. The van der Waals surface area contributed by atoms with Gasteiger partial charge in [-0.1, -0.05) is 36.2 Å². The molecule has 1 aliphatic heterocycles. The first-order chi connectivity index (χ1) is 15.8. The van der Waals surface area contributed by atoms with Gasteiger partial charge in [-0.2, -0.15) is 0 Å². The van der Waals surface area contributed by atoms with Crippen molar-refractivity contribution in [2.45, 2.75) is 30.6 Å². The first-order valence-corrected chi connectivity index (χ1v) is 12.2. The number of benzene rings is 2. The second-order valence-corrected chi connectivity index (χ2v) is 9.43. The lowest BCUT2D eigenvalue weighted by molar-refractivity contribution is -0.142. The summed E-state index contributed by atoms with van der Waals surface area (Å²) in [6, 6.07) is 12.7. The number of nitrogens with zero attached hydrogens (tertiary/aromatic N) is 1. The van der Waals surface area contributed by atoms with Crippen LogP contribution in [0.2, 0.25) is 5.02 Å². The van der Waals surface area contributed by atoms with Gasteiger partial charge in [0.05, 0.1) is 4.90 Å². The normalized spacial score (nSPS) is 14.3. The van der Waals surface area contributed by atoms with Crippen molar-refractivity contribution in [1.29, 1.82) is 0 Å². The van der Waals surface area contributed by atoms with Gasteiger partial charge in [-0.05, 0) is 54.8 Å². The number of aliphatic imine (C=N–C) groups is 1. The summed E-state index contributed by atoms with van der Waals surface area (Å²) in [4.78, 5) is 28.2. The van der Waals surface area contributed by atoms with Crippen molar-refractivity contribution in [3.63, 3.8) is 0 Å². The highest BCUT2D eigenvalue weighted by molar-refractivity contribution is 7.90.